The summed E-state index contributed by atoms with van der Waals surface area (Å²) in [4.78, 5) is 38.1. The summed E-state index contributed by atoms with van der Waals surface area (Å²) in [7, 11) is 0. The highest BCUT2D eigenvalue weighted by molar-refractivity contribution is 7.99. The summed E-state index contributed by atoms with van der Waals surface area (Å²) in [6, 6.07) is 15.8. The first-order valence-corrected chi connectivity index (χ1v) is 12.5. The molecule has 178 valence electrons. The predicted molar refractivity (Wildman–Crippen MR) is 133 cm³/mol. The Morgan fingerprint density at radius 3 is 2.36 bits per heavy atom. The van der Waals surface area contributed by atoms with E-state index in [2.05, 4.69) is 12.2 Å². The van der Waals surface area contributed by atoms with Gasteiger partial charge in [-0.2, -0.15) is 0 Å². The van der Waals surface area contributed by atoms with Crippen LogP contribution < -0.4 is 5.32 Å². The number of nitrogens with zero attached hydrogens (tertiary/aromatic N) is 2. The maximum absolute atomic E-state index is 13.2. The van der Waals surface area contributed by atoms with Gasteiger partial charge >= 0.3 is 0 Å². The smallest absolute Gasteiger partial charge is 0.269 e. The van der Waals surface area contributed by atoms with Crippen molar-refractivity contribution in [3.8, 4) is 0 Å². The Morgan fingerprint density at radius 1 is 1.06 bits per heavy atom. The van der Waals surface area contributed by atoms with Gasteiger partial charge in [-0.25, -0.2) is 0 Å². The van der Waals surface area contributed by atoms with Crippen LogP contribution in [0.1, 0.15) is 44.2 Å². The van der Waals surface area contributed by atoms with Gasteiger partial charge in [-0.15, -0.1) is 11.8 Å². The first-order chi connectivity index (χ1) is 16.0. The van der Waals surface area contributed by atoms with E-state index in [1.807, 2.05) is 37.3 Å². The Hall–Kier alpha value is -2.87. The third kappa shape index (κ3) is 8.88. The van der Waals surface area contributed by atoms with Crippen molar-refractivity contribution in [1.82, 2.24) is 10.2 Å². The topological polar surface area (TPSA) is 92.6 Å². The van der Waals surface area contributed by atoms with Crippen molar-refractivity contribution in [3.05, 3.63) is 75.8 Å². The number of unbranched alkanes of at least 4 members (excludes halogenated alkanes) is 1. The highest BCUT2D eigenvalue weighted by atomic mass is 32.2. The SMILES string of the molecule is CCCCNC(=O)[C@@H](CC)N(CCc1ccccc1)C(=O)CSCc1ccc([N+](=O)[O-])cc1. The second-order valence-electron chi connectivity index (χ2n) is 7.81. The van der Waals surface area contributed by atoms with Crippen molar-refractivity contribution in [1.29, 1.82) is 0 Å². The summed E-state index contributed by atoms with van der Waals surface area (Å²) in [5.74, 6) is 0.628. The molecule has 0 fully saturated rings. The van der Waals surface area contributed by atoms with Gasteiger partial charge in [0.1, 0.15) is 6.04 Å². The third-order valence-corrected chi connectivity index (χ3v) is 6.33. The average molecular weight is 472 g/mol. The Morgan fingerprint density at radius 2 is 1.76 bits per heavy atom. The van der Waals surface area contributed by atoms with E-state index in [0.29, 0.717) is 31.7 Å². The van der Waals surface area contributed by atoms with Crippen LogP contribution in [0, 0.1) is 10.1 Å². The average Bonchev–Trinajstić information content (AvgIpc) is 2.82. The van der Waals surface area contributed by atoms with Crippen LogP contribution in [0.3, 0.4) is 0 Å². The first kappa shape index (κ1) is 26.4. The summed E-state index contributed by atoms with van der Waals surface area (Å²) in [5.41, 5.74) is 2.08. The number of thioether (sulfide) groups is 1. The number of rotatable bonds is 14. The lowest BCUT2D eigenvalue weighted by molar-refractivity contribution is -0.384. The van der Waals surface area contributed by atoms with Gasteiger partial charge in [0.15, 0.2) is 0 Å². The minimum atomic E-state index is -0.502. The molecule has 0 saturated heterocycles. The molecule has 0 aliphatic carbocycles. The molecule has 0 saturated carbocycles. The Bertz CT molecular complexity index is 890. The number of non-ortho nitro benzene ring substituents is 1. The van der Waals surface area contributed by atoms with E-state index < -0.39 is 11.0 Å². The Kier molecular flexibility index (Phi) is 11.4. The number of carbonyl (C=O) groups excluding carboxylic acids is 2. The number of carbonyl (C=O) groups is 2. The molecule has 7 nitrogen and oxygen atoms in total. The molecule has 0 aliphatic rings. The molecule has 8 heteroatoms. The van der Waals surface area contributed by atoms with Crippen LogP contribution in [0.15, 0.2) is 54.6 Å². The molecule has 1 N–H and O–H groups in total. The van der Waals surface area contributed by atoms with Crippen LogP contribution in [0.5, 0.6) is 0 Å². The minimum Gasteiger partial charge on any atom is -0.354 e. The van der Waals surface area contributed by atoms with E-state index in [4.69, 9.17) is 0 Å². The van der Waals surface area contributed by atoms with E-state index in [1.165, 1.54) is 23.9 Å². The van der Waals surface area contributed by atoms with Gasteiger partial charge in [0.25, 0.3) is 5.69 Å². The number of hydrogen-bond acceptors (Lipinski definition) is 5. The van der Waals surface area contributed by atoms with E-state index in [1.54, 1.807) is 17.0 Å². The molecule has 2 aromatic carbocycles. The minimum absolute atomic E-state index is 0.0480. The zero-order valence-electron chi connectivity index (χ0n) is 19.4. The predicted octanol–water partition coefficient (Wildman–Crippen LogP) is 4.59. The quantitative estimate of drug-likeness (QED) is 0.247. The molecule has 2 amide bonds. The molecule has 0 aliphatic heterocycles. The van der Waals surface area contributed by atoms with Crippen molar-refractivity contribution < 1.29 is 14.5 Å². The monoisotopic (exact) mass is 471 g/mol. The molecular formula is C25H33N3O4S. The van der Waals surface area contributed by atoms with Gasteiger partial charge in [0.2, 0.25) is 11.8 Å². The van der Waals surface area contributed by atoms with Gasteiger partial charge in [-0.3, -0.25) is 19.7 Å². The lowest BCUT2D eigenvalue weighted by atomic mass is 10.1. The number of nitrogens with one attached hydrogen (secondary N) is 1. The van der Waals surface area contributed by atoms with E-state index >= 15 is 0 Å². The van der Waals surface area contributed by atoms with Crippen LogP contribution in [0.2, 0.25) is 0 Å². The zero-order chi connectivity index (χ0) is 24.1. The summed E-state index contributed by atoms with van der Waals surface area (Å²) in [6.45, 7) is 5.08. The van der Waals surface area contributed by atoms with Crippen molar-refractivity contribution in [2.75, 3.05) is 18.8 Å². The zero-order valence-corrected chi connectivity index (χ0v) is 20.2. The van der Waals surface area contributed by atoms with Gasteiger partial charge in [-0.1, -0.05) is 62.7 Å². The van der Waals surface area contributed by atoms with Crippen LogP contribution in [-0.4, -0.2) is 46.5 Å². The second kappa shape index (κ2) is 14.3. The lowest BCUT2D eigenvalue weighted by Crippen LogP contribution is -2.50. The van der Waals surface area contributed by atoms with Crippen LogP contribution in [0.25, 0.3) is 0 Å². The highest BCUT2D eigenvalue weighted by Crippen LogP contribution is 2.18. The molecule has 0 radical (unpaired) electrons. The number of nitro benzene ring substituents is 1. The van der Waals surface area contributed by atoms with E-state index in [0.717, 1.165) is 24.0 Å². The molecule has 2 aromatic rings. The van der Waals surface area contributed by atoms with Gasteiger partial charge in [-0.05, 0) is 30.4 Å². The number of benzene rings is 2. The maximum Gasteiger partial charge on any atom is 0.269 e. The van der Waals surface area contributed by atoms with Gasteiger partial charge in [0, 0.05) is 31.0 Å². The maximum atomic E-state index is 13.2. The van der Waals surface area contributed by atoms with Crippen LogP contribution in [-0.2, 0) is 21.8 Å². The standard InChI is InChI=1S/C25H33N3O4S/c1-3-5-16-26-25(30)23(4-2)27(17-15-20-9-7-6-8-10-20)24(29)19-33-18-21-11-13-22(14-12-21)28(31)32/h6-14,23H,3-5,15-19H2,1-2H3,(H,26,30)/t23-/m1/s1. The van der Waals surface area contributed by atoms with E-state index in [9.17, 15) is 19.7 Å². The normalized spacial score (nSPS) is 11.6. The van der Waals surface area contributed by atoms with Crippen molar-refractivity contribution in [2.45, 2.75) is 51.3 Å². The number of amides is 2. The van der Waals surface area contributed by atoms with Crippen molar-refractivity contribution in [3.63, 3.8) is 0 Å². The fourth-order valence-corrected chi connectivity index (χ4v) is 4.33. The van der Waals surface area contributed by atoms with Crippen LogP contribution >= 0.6 is 11.8 Å². The van der Waals surface area contributed by atoms with Crippen LogP contribution in [0.4, 0.5) is 5.69 Å². The first-order valence-electron chi connectivity index (χ1n) is 11.4. The summed E-state index contributed by atoms with van der Waals surface area (Å²) < 4.78 is 0. The van der Waals surface area contributed by atoms with Crippen molar-refractivity contribution in [2.24, 2.45) is 0 Å². The molecule has 0 bridgehead atoms. The second-order valence-corrected chi connectivity index (χ2v) is 8.79. The lowest BCUT2D eigenvalue weighted by Gasteiger charge is -2.30. The third-order valence-electron chi connectivity index (χ3n) is 5.34. The number of nitro groups is 1. The molecule has 33 heavy (non-hydrogen) atoms. The van der Waals surface area contributed by atoms with Crippen molar-refractivity contribution >= 4 is 29.3 Å². The summed E-state index contributed by atoms with van der Waals surface area (Å²) >= 11 is 1.45. The van der Waals surface area contributed by atoms with Gasteiger partial charge < -0.3 is 10.2 Å². The molecular weight excluding hydrogens is 438 g/mol. The van der Waals surface area contributed by atoms with Gasteiger partial charge in [0.05, 0.1) is 10.7 Å². The largest absolute Gasteiger partial charge is 0.354 e. The molecule has 0 unspecified atom stereocenters. The molecule has 2 rings (SSSR count). The highest BCUT2D eigenvalue weighted by Gasteiger charge is 2.27. The van der Waals surface area contributed by atoms with E-state index in [-0.39, 0.29) is 23.3 Å². The molecule has 0 aromatic heterocycles. The summed E-state index contributed by atoms with van der Waals surface area (Å²) in [6.07, 6.45) is 3.13. The fraction of sp³-hybridized carbons (Fsp3) is 0.440. The molecule has 0 spiro atoms. The summed E-state index contributed by atoms with van der Waals surface area (Å²) in [5, 5.41) is 13.8. The molecule has 0 heterocycles. The fourth-order valence-electron chi connectivity index (χ4n) is 3.46. The Labute approximate surface area is 200 Å². The Balaban J connectivity index is 2.02. The molecule has 1 atom stereocenters. The number of hydrogen-bond donors (Lipinski definition) is 1.